The van der Waals surface area contributed by atoms with Crippen molar-refractivity contribution in [2.45, 2.75) is 110 Å². The maximum absolute atomic E-state index is 11.7. The summed E-state index contributed by atoms with van der Waals surface area (Å²) in [6, 6.07) is 10.1. The van der Waals surface area contributed by atoms with E-state index in [2.05, 4.69) is 30.6 Å². The lowest BCUT2D eigenvalue weighted by Gasteiger charge is -2.04. The molecule has 0 saturated carbocycles. The minimum Gasteiger partial charge on any atom is -0.465 e. The van der Waals surface area contributed by atoms with E-state index >= 15 is 0 Å². The fourth-order valence-electron chi connectivity index (χ4n) is 3.40. The van der Waals surface area contributed by atoms with Crippen LogP contribution in [0.2, 0.25) is 0 Å². The number of esters is 1. The summed E-state index contributed by atoms with van der Waals surface area (Å²) < 4.78 is 5.28. The van der Waals surface area contributed by atoms with Crippen LogP contribution < -0.4 is 0 Å². The van der Waals surface area contributed by atoms with Gasteiger partial charge < -0.3 is 4.74 Å². The highest BCUT2D eigenvalue weighted by molar-refractivity contribution is 5.69. The van der Waals surface area contributed by atoms with E-state index in [0.29, 0.717) is 13.0 Å². The third-order valence-corrected chi connectivity index (χ3v) is 5.32. The van der Waals surface area contributed by atoms with Crippen molar-refractivity contribution < 1.29 is 9.53 Å². The summed E-state index contributed by atoms with van der Waals surface area (Å²) >= 11 is 0. The molecule has 0 heterocycles. The summed E-state index contributed by atoms with van der Waals surface area (Å²) in [7, 11) is 0. The molecule has 31 heavy (non-hydrogen) atoms. The summed E-state index contributed by atoms with van der Waals surface area (Å²) in [6.45, 7) is 2.72. The molecule has 0 saturated heterocycles. The second-order valence-corrected chi connectivity index (χ2v) is 8.20. The number of hydrogen-bond donors (Lipinski definition) is 0. The van der Waals surface area contributed by atoms with Gasteiger partial charge in [-0.15, -0.1) is 0 Å². The van der Waals surface area contributed by atoms with Gasteiger partial charge in [0.2, 0.25) is 0 Å². The lowest BCUT2D eigenvalue weighted by atomic mass is 10.1. The lowest BCUT2D eigenvalue weighted by molar-refractivity contribution is -0.143. The molecule has 1 rings (SSSR count). The predicted octanol–water partition coefficient (Wildman–Crippen LogP) is 7.65. The third-order valence-electron chi connectivity index (χ3n) is 5.32. The Bertz CT molecular complexity index is 669. The van der Waals surface area contributed by atoms with Gasteiger partial charge >= 0.3 is 5.97 Å². The monoisotopic (exact) mass is 422 g/mol. The molecule has 2 heteroatoms. The number of hydrogen-bond acceptors (Lipinski definition) is 2. The molecule has 0 bridgehead atoms. The number of benzene rings is 1. The molecule has 0 aliphatic rings. The van der Waals surface area contributed by atoms with Crippen molar-refractivity contribution in [1.29, 1.82) is 0 Å². The predicted molar refractivity (Wildman–Crippen MR) is 132 cm³/mol. The van der Waals surface area contributed by atoms with Crippen LogP contribution in [0.15, 0.2) is 30.3 Å². The van der Waals surface area contributed by atoms with Gasteiger partial charge in [-0.3, -0.25) is 4.79 Å². The van der Waals surface area contributed by atoms with Crippen LogP contribution in [0.5, 0.6) is 0 Å². The summed E-state index contributed by atoms with van der Waals surface area (Å²) in [5.41, 5.74) is 1.19. The topological polar surface area (TPSA) is 26.3 Å². The van der Waals surface area contributed by atoms with Crippen LogP contribution in [-0.4, -0.2) is 12.6 Å². The zero-order valence-corrected chi connectivity index (χ0v) is 19.7. The van der Waals surface area contributed by atoms with Crippen LogP contribution >= 0.6 is 0 Å². The van der Waals surface area contributed by atoms with Gasteiger partial charge in [0, 0.05) is 25.7 Å². The Morgan fingerprint density at radius 2 is 1.29 bits per heavy atom. The van der Waals surface area contributed by atoms with Crippen LogP contribution in [-0.2, 0) is 16.0 Å². The van der Waals surface area contributed by atoms with Crippen LogP contribution in [0, 0.1) is 23.7 Å². The molecule has 1 aromatic rings. The summed E-state index contributed by atoms with van der Waals surface area (Å²) in [4.78, 5) is 11.7. The molecule has 0 atom stereocenters. The number of rotatable bonds is 17. The second-order valence-electron chi connectivity index (χ2n) is 8.20. The fourth-order valence-corrected chi connectivity index (χ4v) is 3.40. The van der Waals surface area contributed by atoms with E-state index < -0.39 is 0 Å². The fraction of sp³-hybridized carbons (Fsp3) is 0.621. The van der Waals surface area contributed by atoms with E-state index in [1.807, 2.05) is 30.3 Å². The van der Waals surface area contributed by atoms with Gasteiger partial charge in [0.05, 0.1) is 6.61 Å². The summed E-state index contributed by atoms with van der Waals surface area (Å²) in [5.74, 6) is 12.0. The van der Waals surface area contributed by atoms with Crippen molar-refractivity contribution in [3.63, 3.8) is 0 Å². The molecule has 0 aromatic heterocycles. The molecule has 170 valence electrons. The van der Waals surface area contributed by atoms with E-state index in [0.717, 1.165) is 32.1 Å². The van der Waals surface area contributed by atoms with E-state index in [4.69, 9.17) is 4.74 Å². The van der Waals surface area contributed by atoms with Crippen LogP contribution in [0.4, 0.5) is 0 Å². The molecule has 0 spiro atoms. The van der Waals surface area contributed by atoms with E-state index in [1.54, 1.807) is 0 Å². The summed E-state index contributed by atoms with van der Waals surface area (Å²) in [5, 5.41) is 0. The van der Waals surface area contributed by atoms with E-state index in [9.17, 15) is 4.79 Å². The molecule has 0 radical (unpaired) electrons. The van der Waals surface area contributed by atoms with Crippen LogP contribution in [0.25, 0.3) is 0 Å². The van der Waals surface area contributed by atoms with Crippen LogP contribution in [0.1, 0.15) is 109 Å². The van der Waals surface area contributed by atoms with Crippen molar-refractivity contribution in [1.82, 2.24) is 0 Å². The first-order valence-corrected chi connectivity index (χ1v) is 12.5. The number of carbonyl (C=O) groups is 1. The highest BCUT2D eigenvalue weighted by atomic mass is 16.5. The second kappa shape index (κ2) is 21.1. The molecular formula is C29H42O2. The minimum atomic E-state index is -0.111. The smallest absolute Gasteiger partial charge is 0.305 e. The van der Waals surface area contributed by atoms with Gasteiger partial charge in [-0.05, 0) is 36.7 Å². The Balaban J connectivity index is 1.86. The Labute approximate surface area is 191 Å². The quantitative estimate of drug-likeness (QED) is 0.146. The highest BCUT2D eigenvalue weighted by Crippen LogP contribution is 2.11. The van der Waals surface area contributed by atoms with Crippen molar-refractivity contribution in [2.75, 3.05) is 6.61 Å². The first-order valence-electron chi connectivity index (χ1n) is 12.5. The number of unbranched alkanes of at least 4 members (excludes halogenated alkanes) is 12. The average molecular weight is 423 g/mol. The molecule has 1 aromatic carbocycles. The standard InChI is InChI=1S/C29H42O2/c1-2-3-4-5-6-7-8-9-10-11-12-13-14-15-16-17-18-22-25-29(30)31-27-26-28-23-20-19-21-24-28/h19-21,23-24H,2-12,17-18,22,25-27H2,1H3. The Morgan fingerprint density at radius 3 is 1.90 bits per heavy atom. The molecule has 0 amide bonds. The summed E-state index contributed by atoms with van der Waals surface area (Å²) in [6.07, 6.45) is 18.3. The molecule has 2 nitrogen and oxygen atoms in total. The third kappa shape index (κ3) is 18.3. The van der Waals surface area contributed by atoms with Crippen LogP contribution in [0.3, 0.4) is 0 Å². The first-order chi connectivity index (χ1) is 15.3. The Morgan fingerprint density at radius 1 is 0.742 bits per heavy atom. The van der Waals surface area contributed by atoms with Gasteiger partial charge in [0.1, 0.15) is 0 Å². The average Bonchev–Trinajstić information content (AvgIpc) is 2.79. The van der Waals surface area contributed by atoms with Crippen molar-refractivity contribution in [2.24, 2.45) is 0 Å². The van der Waals surface area contributed by atoms with Gasteiger partial charge in [0.25, 0.3) is 0 Å². The number of ether oxygens (including phenoxy) is 1. The van der Waals surface area contributed by atoms with E-state index in [-0.39, 0.29) is 5.97 Å². The molecule has 0 fully saturated rings. The molecule has 0 unspecified atom stereocenters. The Kier molecular flexibility index (Phi) is 18.2. The minimum absolute atomic E-state index is 0.111. The largest absolute Gasteiger partial charge is 0.465 e. The lowest BCUT2D eigenvalue weighted by Crippen LogP contribution is -2.07. The zero-order valence-electron chi connectivity index (χ0n) is 19.7. The highest BCUT2D eigenvalue weighted by Gasteiger charge is 2.02. The molecular weight excluding hydrogens is 380 g/mol. The van der Waals surface area contributed by atoms with Crippen molar-refractivity contribution >= 4 is 5.97 Å². The van der Waals surface area contributed by atoms with Gasteiger partial charge in [-0.2, -0.15) is 0 Å². The first kappa shape index (κ1) is 26.8. The SMILES string of the molecule is CCCCCCCCCCCCC#CC#CCCCCC(=O)OCCc1ccccc1. The maximum Gasteiger partial charge on any atom is 0.305 e. The number of carbonyl (C=O) groups excluding carboxylic acids is 1. The van der Waals surface area contributed by atoms with Gasteiger partial charge in [-0.1, -0.05) is 107 Å². The molecule has 0 aliphatic heterocycles. The normalized spacial score (nSPS) is 9.97. The van der Waals surface area contributed by atoms with Gasteiger partial charge in [-0.25, -0.2) is 0 Å². The molecule has 0 aliphatic carbocycles. The van der Waals surface area contributed by atoms with Gasteiger partial charge in [0.15, 0.2) is 0 Å². The van der Waals surface area contributed by atoms with Crippen molar-refractivity contribution in [3.8, 4) is 23.7 Å². The Hall–Kier alpha value is -2.19. The van der Waals surface area contributed by atoms with Crippen molar-refractivity contribution in [3.05, 3.63) is 35.9 Å². The zero-order chi connectivity index (χ0) is 22.2. The molecule has 0 N–H and O–H groups in total. The van der Waals surface area contributed by atoms with E-state index in [1.165, 1.54) is 69.8 Å². The maximum atomic E-state index is 11.7.